The van der Waals surface area contributed by atoms with Gasteiger partial charge in [-0.2, -0.15) is 0 Å². The number of hydrogen-bond acceptors (Lipinski definition) is 3. The average Bonchev–Trinajstić information content (AvgIpc) is 2.72. The molecular formula is C14H20N4. The van der Waals surface area contributed by atoms with Crippen molar-refractivity contribution in [1.82, 2.24) is 19.7 Å². The van der Waals surface area contributed by atoms with Crippen LogP contribution in [0.3, 0.4) is 0 Å². The van der Waals surface area contributed by atoms with E-state index in [-0.39, 0.29) is 0 Å². The summed E-state index contributed by atoms with van der Waals surface area (Å²) in [4.78, 5) is 9.18. The van der Waals surface area contributed by atoms with E-state index in [1.165, 1.54) is 0 Å². The molecule has 0 amide bonds. The average molecular weight is 244 g/mol. The van der Waals surface area contributed by atoms with E-state index in [1.807, 2.05) is 23.9 Å². The number of aromatic nitrogens is 4. The van der Waals surface area contributed by atoms with Crippen LogP contribution in [0, 0.1) is 0 Å². The van der Waals surface area contributed by atoms with E-state index < -0.39 is 0 Å². The van der Waals surface area contributed by atoms with E-state index in [0.29, 0.717) is 5.92 Å². The van der Waals surface area contributed by atoms with Gasteiger partial charge in [-0.1, -0.05) is 33.3 Å². The zero-order valence-electron chi connectivity index (χ0n) is 11.5. The van der Waals surface area contributed by atoms with Crippen molar-refractivity contribution in [2.45, 2.75) is 39.5 Å². The van der Waals surface area contributed by atoms with Crippen LogP contribution in [0.25, 0.3) is 11.5 Å². The van der Waals surface area contributed by atoms with Gasteiger partial charge >= 0.3 is 0 Å². The van der Waals surface area contributed by atoms with Crippen molar-refractivity contribution in [2.75, 3.05) is 0 Å². The topological polar surface area (TPSA) is 43.6 Å². The van der Waals surface area contributed by atoms with Gasteiger partial charge in [0.1, 0.15) is 11.5 Å². The fraction of sp³-hybridized carbons (Fsp3) is 0.500. The summed E-state index contributed by atoms with van der Waals surface area (Å²) in [7, 11) is 1.93. The molecule has 0 unspecified atom stereocenters. The first-order chi connectivity index (χ1) is 8.61. The van der Waals surface area contributed by atoms with Crippen LogP contribution >= 0.6 is 0 Å². The molecule has 0 radical (unpaired) electrons. The first-order valence-electron chi connectivity index (χ1n) is 6.49. The van der Waals surface area contributed by atoms with Crippen LogP contribution in [-0.2, 0) is 13.5 Å². The van der Waals surface area contributed by atoms with Crippen molar-refractivity contribution < 1.29 is 0 Å². The predicted molar refractivity (Wildman–Crippen MR) is 72.3 cm³/mol. The molecule has 18 heavy (non-hydrogen) atoms. The van der Waals surface area contributed by atoms with Gasteiger partial charge in [0.2, 0.25) is 0 Å². The lowest BCUT2D eigenvalue weighted by molar-refractivity contribution is 0.655. The minimum absolute atomic E-state index is 0.370. The Morgan fingerprint density at radius 2 is 2.00 bits per heavy atom. The van der Waals surface area contributed by atoms with Gasteiger partial charge in [-0.25, -0.2) is 9.97 Å². The molecule has 0 aliphatic heterocycles. The van der Waals surface area contributed by atoms with Gasteiger partial charge in [0.05, 0.1) is 0 Å². The summed E-state index contributed by atoms with van der Waals surface area (Å²) in [5.74, 6) is 2.09. The van der Waals surface area contributed by atoms with Gasteiger partial charge in [0.25, 0.3) is 0 Å². The maximum absolute atomic E-state index is 4.61. The van der Waals surface area contributed by atoms with Crippen LogP contribution in [-0.4, -0.2) is 19.7 Å². The van der Waals surface area contributed by atoms with E-state index in [0.717, 1.165) is 35.9 Å². The Bertz CT molecular complexity index is 528. The van der Waals surface area contributed by atoms with E-state index in [1.54, 1.807) is 0 Å². The van der Waals surface area contributed by atoms with Crippen molar-refractivity contribution >= 4 is 0 Å². The molecule has 2 aromatic heterocycles. The summed E-state index contributed by atoms with van der Waals surface area (Å²) in [6, 6.07) is 6.05. The smallest absolute Gasteiger partial charge is 0.200 e. The minimum Gasteiger partial charge on any atom is -0.252 e. The summed E-state index contributed by atoms with van der Waals surface area (Å²) in [6.07, 6.45) is 2.10. The molecule has 0 aromatic carbocycles. The monoisotopic (exact) mass is 244 g/mol. The highest BCUT2D eigenvalue weighted by molar-refractivity contribution is 5.48. The summed E-state index contributed by atoms with van der Waals surface area (Å²) in [5.41, 5.74) is 1.97. The molecule has 2 aromatic rings. The molecule has 0 aliphatic rings. The zero-order chi connectivity index (χ0) is 13.1. The number of aryl methyl sites for hydroxylation is 2. The first kappa shape index (κ1) is 12.7. The summed E-state index contributed by atoms with van der Waals surface area (Å²) in [5, 5.41) is 4.45. The fourth-order valence-corrected chi connectivity index (χ4v) is 2.01. The van der Waals surface area contributed by atoms with Gasteiger partial charge < -0.3 is 0 Å². The molecule has 0 aliphatic carbocycles. The lowest BCUT2D eigenvalue weighted by Crippen LogP contribution is -2.00. The highest BCUT2D eigenvalue weighted by Crippen LogP contribution is 2.17. The molecule has 0 saturated heterocycles. The van der Waals surface area contributed by atoms with Crippen molar-refractivity contribution in [3.05, 3.63) is 29.7 Å². The Morgan fingerprint density at radius 1 is 1.22 bits per heavy atom. The molecule has 0 saturated carbocycles. The normalized spacial score (nSPS) is 11.2. The summed E-state index contributed by atoms with van der Waals surface area (Å²) < 4.78 is 1.84. The molecule has 0 fully saturated rings. The van der Waals surface area contributed by atoms with Crippen LogP contribution in [0.4, 0.5) is 0 Å². The van der Waals surface area contributed by atoms with Crippen molar-refractivity contribution in [1.29, 1.82) is 0 Å². The van der Waals surface area contributed by atoms with Crippen LogP contribution in [0.15, 0.2) is 18.2 Å². The van der Waals surface area contributed by atoms with Gasteiger partial charge in [0.15, 0.2) is 5.82 Å². The third-order valence-corrected chi connectivity index (χ3v) is 2.86. The van der Waals surface area contributed by atoms with E-state index in [9.17, 15) is 0 Å². The molecule has 2 rings (SSSR count). The third kappa shape index (κ3) is 2.58. The Balaban J connectivity index is 2.36. The highest BCUT2D eigenvalue weighted by atomic mass is 15.3. The molecule has 0 atom stereocenters. The van der Waals surface area contributed by atoms with Gasteiger partial charge in [-0.3, -0.25) is 4.68 Å². The van der Waals surface area contributed by atoms with Crippen LogP contribution in [0.1, 0.15) is 44.6 Å². The third-order valence-electron chi connectivity index (χ3n) is 2.86. The molecule has 4 nitrogen and oxygen atoms in total. The lowest BCUT2D eigenvalue weighted by Gasteiger charge is -2.00. The van der Waals surface area contributed by atoms with Crippen molar-refractivity contribution in [3.63, 3.8) is 0 Å². The molecule has 0 spiro atoms. The second kappa shape index (κ2) is 5.29. The number of nitrogens with zero attached hydrogens (tertiary/aromatic N) is 4. The quantitative estimate of drug-likeness (QED) is 0.830. The largest absolute Gasteiger partial charge is 0.252 e. The van der Waals surface area contributed by atoms with Gasteiger partial charge in [0, 0.05) is 18.7 Å². The second-order valence-corrected chi connectivity index (χ2v) is 4.84. The van der Waals surface area contributed by atoms with E-state index in [2.05, 4.69) is 41.9 Å². The molecular weight excluding hydrogens is 224 g/mol. The minimum atomic E-state index is 0.370. The highest BCUT2D eigenvalue weighted by Gasteiger charge is 2.12. The van der Waals surface area contributed by atoms with Gasteiger partial charge in [-0.05, 0) is 18.6 Å². The Kier molecular flexibility index (Phi) is 3.75. The SMILES string of the molecule is CCCc1cccc(-c2nc(C(C)C)n(C)n2)n1. The lowest BCUT2D eigenvalue weighted by atomic mass is 10.2. The van der Waals surface area contributed by atoms with E-state index >= 15 is 0 Å². The molecule has 2 heterocycles. The summed E-state index contributed by atoms with van der Waals surface area (Å²) >= 11 is 0. The Morgan fingerprint density at radius 3 is 2.61 bits per heavy atom. The van der Waals surface area contributed by atoms with Crippen molar-refractivity contribution in [3.8, 4) is 11.5 Å². The zero-order valence-corrected chi connectivity index (χ0v) is 11.5. The summed E-state index contributed by atoms with van der Waals surface area (Å²) in [6.45, 7) is 6.40. The molecule has 0 N–H and O–H groups in total. The second-order valence-electron chi connectivity index (χ2n) is 4.84. The maximum Gasteiger partial charge on any atom is 0.200 e. The number of pyridine rings is 1. The predicted octanol–water partition coefficient (Wildman–Crippen LogP) is 2.95. The Labute approximate surface area is 108 Å². The molecule has 4 heteroatoms. The fourth-order valence-electron chi connectivity index (χ4n) is 2.01. The van der Waals surface area contributed by atoms with Crippen LogP contribution in [0.5, 0.6) is 0 Å². The number of hydrogen-bond donors (Lipinski definition) is 0. The first-order valence-corrected chi connectivity index (χ1v) is 6.49. The van der Waals surface area contributed by atoms with Crippen molar-refractivity contribution in [2.24, 2.45) is 7.05 Å². The van der Waals surface area contributed by atoms with Gasteiger partial charge in [-0.15, -0.1) is 5.10 Å². The Hall–Kier alpha value is -1.71. The van der Waals surface area contributed by atoms with Crippen LogP contribution in [0.2, 0.25) is 0 Å². The van der Waals surface area contributed by atoms with Crippen LogP contribution < -0.4 is 0 Å². The standard InChI is InChI=1S/C14H20N4/c1-5-7-11-8-6-9-12(15-11)13-16-14(10(2)3)18(4)17-13/h6,8-10H,5,7H2,1-4H3. The maximum atomic E-state index is 4.61. The molecule has 96 valence electrons. The number of rotatable bonds is 4. The molecule has 0 bridgehead atoms. The van der Waals surface area contributed by atoms with E-state index in [4.69, 9.17) is 0 Å².